The van der Waals surface area contributed by atoms with E-state index >= 15 is 0 Å². The fourth-order valence-corrected chi connectivity index (χ4v) is 12.1. The van der Waals surface area contributed by atoms with Gasteiger partial charge in [-0.25, -0.2) is 0 Å². The number of rotatable bonds is 11. The zero-order chi connectivity index (χ0) is 48.8. The van der Waals surface area contributed by atoms with Gasteiger partial charge in [0, 0.05) is 46.0 Å². The second-order valence-electron chi connectivity index (χ2n) is 21.1. The summed E-state index contributed by atoms with van der Waals surface area (Å²) in [5.41, 5.74) is 20.2. The number of hydrogen-bond donors (Lipinski definition) is 0. The number of nitrogens with zero attached hydrogens (tertiary/aromatic N) is 2. The van der Waals surface area contributed by atoms with Gasteiger partial charge in [0.2, 0.25) is 0 Å². The SMILES string of the molecule is CC1(C)c2cc(/C=C/c3ccc(N(c4ccccc4)c4ccccc4)cc3)ccc2C2C=CC(C3=CC4C(C=C3)c3ccc(/C=C/c5ccc(N(c6ccccc6)c6ccccc6)cc5)cc3C4(C)C)=CC21. The summed E-state index contributed by atoms with van der Waals surface area (Å²) in [5.74, 6) is 1.51. The van der Waals surface area contributed by atoms with Crippen molar-refractivity contribution in [1.82, 2.24) is 0 Å². The van der Waals surface area contributed by atoms with Crippen LogP contribution in [0.25, 0.3) is 24.3 Å². The molecule has 4 unspecified atom stereocenters. The molecule has 4 atom stereocenters. The van der Waals surface area contributed by atoms with Crippen LogP contribution in [0.2, 0.25) is 0 Å². The van der Waals surface area contributed by atoms with Crippen molar-refractivity contribution in [3.8, 4) is 0 Å². The molecule has 0 heterocycles. The molecule has 12 rings (SSSR count). The van der Waals surface area contributed by atoms with Crippen molar-refractivity contribution < 1.29 is 0 Å². The molecular formula is C70H60N2. The van der Waals surface area contributed by atoms with Gasteiger partial charge < -0.3 is 9.80 Å². The van der Waals surface area contributed by atoms with E-state index in [9.17, 15) is 0 Å². The molecule has 8 aromatic carbocycles. The molecule has 2 nitrogen and oxygen atoms in total. The van der Waals surface area contributed by atoms with Crippen LogP contribution < -0.4 is 9.80 Å². The van der Waals surface area contributed by atoms with E-state index in [1.54, 1.807) is 0 Å². The predicted octanol–water partition coefficient (Wildman–Crippen LogP) is 18.6. The first kappa shape index (κ1) is 45.0. The number of fused-ring (bicyclic) bond motifs is 6. The van der Waals surface area contributed by atoms with Crippen molar-refractivity contribution in [2.45, 2.75) is 50.4 Å². The van der Waals surface area contributed by atoms with Crippen LogP contribution in [0.1, 0.15) is 84.0 Å². The molecule has 0 spiro atoms. The molecule has 0 N–H and O–H groups in total. The Balaban J connectivity index is 0.738. The highest BCUT2D eigenvalue weighted by Crippen LogP contribution is 2.57. The third-order valence-electron chi connectivity index (χ3n) is 16.0. The average Bonchev–Trinajstić information content (AvgIpc) is 3.79. The van der Waals surface area contributed by atoms with Crippen molar-refractivity contribution in [1.29, 1.82) is 0 Å². The smallest absolute Gasteiger partial charge is 0.0462 e. The lowest BCUT2D eigenvalue weighted by Crippen LogP contribution is -2.27. The Kier molecular flexibility index (Phi) is 11.6. The molecule has 4 aliphatic rings. The van der Waals surface area contributed by atoms with E-state index in [1.165, 1.54) is 55.7 Å². The summed E-state index contributed by atoms with van der Waals surface area (Å²) >= 11 is 0. The van der Waals surface area contributed by atoms with Crippen LogP contribution in [-0.4, -0.2) is 0 Å². The normalized spacial score (nSPS) is 19.8. The minimum Gasteiger partial charge on any atom is -0.311 e. The van der Waals surface area contributed by atoms with E-state index in [0.717, 1.165) is 34.1 Å². The maximum atomic E-state index is 2.60. The van der Waals surface area contributed by atoms with Gasteiger partial charge in [-0.1, -0.05) is 222 Å². The molecule has 0 aromatic heterocycles. The second kappa shape index (κ2) is 18.5. The lowest BCUT2D eigenvalue weighted by Gasteiger charge is -2.33. The Morgan fingerprint density at radius 1 is 0.333 bits per heavy atom. The van der Waals surface area contributed by atoms with Gasteiger partial charge in [0.1, 0.15) is 0 Å². The second-order valence-corrected chi connectivity index (χ2v) is 21.1. The summed E-state index contributed by atoms with van der Waals surface area (Å²) < 4.78 is 0. The van der Waals surface area contributed by atoms with E-state index in [2.05, 4.69) is 305 Å². The van der Waals surface area contributed by atoms with Crippen molar-refractivity contribution >= 4 is 58.4 Å². The maximum absolute atomic E-state index is 2.60. The highest BCUT2D eigenvalue weighted by atomic mass is 15.1. The summed E-state index contributed by atoms with van der Waals surface area (Å²) in [6.45, 7) is 9.80. The van der Waals surface area contributed by atoms with Crippen molar-refractivity contribution in [2.24, 2.45) is 11.8 Å². The van der Waals surface area contributed by atoms with E-state index < -0.39 is 0 Å². The van der Waals surface area contributed by atoms with E-state index in [-0.39, 0.29) is 10.8 Å². The Hall–Kier alpha value is -8.20. The van der Waals surface area contributed by atoms with Crippen LogP contribution >= 0.6 is 0 Å². The van der Waals surface area contributed by atoms with E-state index in [1.807, 2.05) is 0 Å². The van der Waals surface area contributed by atoms with E-state index in [4.69, 9.17) is 0 Å². The number of para-hydroxylation sites is 4. The van der Waals surface area contributed by atoms with E-state index in [0.29, 0.717) is 23.7 Å². The quantitative estimate of drug-likeness (QED) is 0.119. The lowest BCUT2D eigenvalue weighted by atomic mass is 9.70. The highest BCUT2D eigenvalue weighted by molar-refractivity contribution is 5.80. The van der Waals surface area contributed by atoms with Gasteiger partial charge in [0.15, 0.2) is 0 Å². The van der Waals surface area contributed by atoms with Crippen molar-refractivity contribution in [2.75, 3.05) is 9.80 Å². The zero-order valence-corrected chi connectivity index (χ0v) is 41.6. The standard InChI is InChI=1S/C70H60N2/c1-69(2)65-45-51(27-25-49-29-37-59(38-30-49)71(55-17-9-5-10-18-55)56-19-11-6-12-20-56)33-41-61(65)63-43-35-53(47-67(63)69)54-36-44-64-62-42-34-52(46-66(62)70(3,4)68(64)48-54)28-26-50-31-39-60(40-32-50)72(57-21-13-7-14-22-57)58-23-15-8-16-24-58/h5-48,63-64,67-68H,1-4H3/b27-25+,28-26+. The molecule has 8 aromatic rings. The monoisotopic (exact) mass is 928 g/mol. The largest absolute Gasteiger partial charge is 0.311 e. The number of anilines is 6. The summed E-state index contributed by atoms with van der Waals surface area (Å²) in [7, 11) is 0. The van der Waals surface area contributed by atoms with Crippen molar-refractivity contribution in [3.63, 3.8) is 0 Å². The first-order chi connectivity index (χ1) is 35.2. The number of allylic oxidation sites excluding steroid dienone is 8. The van der Waals surface area contributed by atoms with Gasteiger partial charge in [-0.15, -0.1) is 0 Å². The van der Waals surface area contributed by atoms with Gasteiger partial charge in [-0.3, -0.25) is 0 Å². The van der Waals surface area contributed by atoms with Crippen LogP contribution in [0.4, 0.5) is 34.1 Å². The molecule has 0 amide bonds. The maximum Gasteiger partial charge on any atom is 0.0462 e. The minimum atomic E-state index is -0.0131. The highest BCUT2D eigenvalue weighted by Gasteiger charge is 2.47. The third kappa shape index (κ3) is 8.31. The van der Waals surface area contributed by atoms with Crippen LogP contribution in [0, 0.1) is 11.8 Å². The van der Waals surface area contributed by atoms with Crippen LogP contribution in [0.15, 0.2) is 254 Å². The fourth-order valence-electron chi connectivity index (χ4n) is 12.1. The molecule has 0 radical (unpaired) electrons. The van der Waals surface area contributed by atoms with Gasteiger partial charge in [-0.05, 0) is 151 Å². The minimum absolute atomic E-state index is 0.0131. The topological polar surface area (TPSA) is 6.48 Å². The Labute approximate surface area is 426 Å². The third-order valence-corrected chi connectivity index (χ3v) is 16.0. The zero-order valence-electron chi connectivity index (χ0n) is 41.6. The molecule has 72 heavy (non-hydrogen) atoms. The van der Waals surface area contributed by atoms with Gasteiger partial charge in [0.25, 0.3) is 0 Å². The molecule has 0 bridgehead atoms. The molecule has 0 aliphatic heterocycles. The van der Waals surface area contributed by atoms with Gasteiger partial charge in [0.05, 0.1) is 0 Å². The fraction of sp³-hybridized carbons (Fsp3) is 0.143. The average molecular weight is 929 g/mol. The molecule has 2 heteroatoms. The molecule has 4 aliphatic carbocycles. The summed E-state index contributed by atoms with van der Waals surface area (Å²) in [5, 5.41) is 0. The number of benzene rings is 8. The van der Waals surface area contributed by atoms with Crippen LogP contribution in [0.3, 0.4) is 0 Å². The summed E-state index contributed by atoms with van der Waals surface area (Å²) in [6.07, 6.45) is 24.0. The van der Waals surface area contributed by atoms with Crippen LogP contribution in [-0.2, 0) is 10.8 Å². The predicted molar refractivity (Wildman–Crippen MR) is 306 cm³/mol. The molecular weight excluding hydrogens is 869 g/mol. The van der Waals surface area contributed by atoms with Crippen molar-refractivity contribution in [3.05, 3.63) is 298 Å². The molecule has 350 valence electrons. The Bertz CT molecular complexity index is 3130. The lowest BCUT2D eigenvalue weighted by molar-refractivity contribution is 0.389. The van der Waals surface area contributed by atoms with Gasteiger partial charge in [-0.2, -0.15) is 0 Å². The van der Waals surface area contributed by atoms with Crippen LogP contribution in [0.5, 0.6) is 0 Å². The Morgan fingerprint density at radius 3 is 0.958 bits per heavy atom. The molecule has 0 saturated carbocycles. The summed E-state index contributed by atoms with van der Waals surface area (Å²) in [6, 6.07) is 74.4. The van der Waals surface area contributed by atoms with Gasteiger partial charge >= 0.3 is 0 Å². The first-order valence-electron chi connectivity index (χ1n) is 25.7. The first-order valence-corrected chi connectivity index (χ1v) is 25.7. The number of hydrogen-bond acceptors (Lipinski definition) is 2. The molecule has 0 fully saturated rings. The molecule has 0 saturated heterocycles. The Morgan fingerprint density at radius 2 is 0.625 bits per heavy atom. The summed E-state index contributed by atoms with van der Waals surface area (Å²) in [4.78, 5) is 4.61.